The van der Waals surface area contributed by atoms with Crippen LogP contribution in [0.2, 0.25) is 0 Å². The van der Waals surface area contributed by atoms with E-state index in [-0.39, 0.29) is 12.2 Å². The molecule has 0 amide bonds. The van der Waals surface area contributed by atoms with Gasteiger partial charge >= 0.3 is 6.18 Å². The van der Waals surface area contributed by atoms with Crippen LogP contribution in [0.3, 0.4) is 0 Å². The number of ether oxygens (including phenoxy) is 2. The first-order valence-corrected chi connectivity index (χ1v) is 6.28. The topological polar surface area (TPSA) is 18.5 Å². The minimum Gasteiger partial charge on any atom is -0.375 e. The van der Waals surface area contributed by atoms with E-state index in [2.05, 4.69) is 0 Å². The van der Waals surface area contributed by atoms with E-state index in [1.807, 2.05) is 47.6 Å². The number of allylic oxidation sites excluding steroid dienone is 1. The highest BCUT2D eigenvalue weighted by molar-refractivity contribution is 5.04. The van der Waals surface area contributed by atoms with Crippen molar-refractivity contribution in [1.82, 2.24) is 0 Å². The molecule has 0 spiro atoms. The number of rotatable bonds is 6. The van der Waals surface area contributed by atoms with Crippen molar-refractivity contribution in [2.24, 2.45) is 5.41 Å². The smallest absolute Gasteiger partial charge is 0.375 e. The van der Waals surface area contributed by atoms with Gasteiger partial charge in [-0.05, 0) is 34.6 Å². The van der Waals surface area contributed by atoms with Gasteiger partial charge in [0.25, 0.3) is 0 Å². The minimum atomic E-state index is -4.29. The third-order valence-electron chi connectivity index (χ3n) is 2.17. The normalized spacial score (nSPS) is 16.1. The third-order valence-corrected chi connectivity index (χ3v) is 2.17. The molecule has 0 N–H and O–H groups in total. The van der Waals surface area contributed by atoms with Crippen molar-refractivity contribution in [3.05, 3.63) is 11.6 Å². The number of hydrogen-bond acceptors (Lipinski definition) is 2. The molecule has 1 atom stereocenters. The van der Waals surface area contributed by atoms with E-state index in [1.54, 1.807) is 0 Å². The fourth-order valence-electron chi connectivity index (χ4n) is 1.60. The van der Waals surface area contributed by atoms with E-state index < -0.39 is 18.2 Å². The lowest BCUT2D eigenvalue weighted by molar-refractivity contribution is -0.181. The molecule has 0 fully saturated rings. The van der Waals surface area contributed by atoms with Crippen LogP contribution in [0.25, 0.3) is 0 Å². The van der Waals surface area contributed by atoms with Crippen LogP contribution in [0, 0.1) is 5.41 Å². The lowest BCUT2D eigenvalue weighted by Crippen LogP contribution is -2.34. The Morgan fingerprint density at radius 2 is 1.47 bits per heavy atom. The Morgan fingerprint density at radius 1 is 0.947 bits per heavy atom. The van der Waals surface area contributed by atoms with Gasteiger partial charge in [0.2, 0.25) is 0 Å². The van der Waals surface area contributed by atoms with Gasteiger partial charge in [0.05, 0.1) is 18.8 Å². The SMILES string of the molecule is CC(C)=CC(C)(COCC(F)(F)F)COC(C)(C)C. The summed E-state index contributed by atoms with van der Waals surface area (Å²) in [4.78, 5) is 0. The second-order valence-electron chi connectivity index (χ2n) is 6.38. The zero-order chi connectivity index (χ0) is 15.3. The first-order valence-electron chi connectivity index (χ1n) is 6.28. The molecule has 0 rings (SSSR count). The molecule has 0 aliphatic carbocycles. The molecule has 0 aromatic heterocycles. The van der Waals surface area contributed by atoms with Gasteiger partial charge in [-0.3, -0.25) is 0 Å². The molecule has 0 saturated carbocycles. The molecular formula is C14H25F3O2. The molecular weight excluding hydrogens is 257 g/mol. The first kappa shape index (κ1) is 18.4. The van der Waals surface area contributed by atoms with Gasteiger partial charge in [-0.2, -0.15) is 13.2 Å². The van der Waals surface area contributed by atoms with Crippen molar-refractivity contribution in [2.75, 3.05) is 19.8 Å². The molecule has 0 heterocycles. The Balaban J connectivity index is 4.57. The summed E-state index contributed by atoms with van der Waals surface area (Å²) < 4.78 is 46.7. The van der Waals surface area contributed by atoms with Gasteiger partial charge in [0.15, 0.2) is 0 Å². The maximum atomic E-state index is 12.1. The lowest BCUT2D eigenvalue weighted by atomic mass is 9.90. The van der Waals surface area contributed by atoms with E-state index >= 15 is 0 Å². The Labute approximate surface area is 114 Å². The summed E-state index contributed by atoms with van der Waals surface area (Å²) >= 11 is 0. The van der Waals surface area contributed by atoms with Gasteiger partial charge in [-0.25, -0.2) is 0 Å². The Hall–Kier alpha value is -0.550. The van der Waals surface area contributed by atoms with Crippen LogP contribution in [-0.4, -0.2) is 31.6 Å². The average molecular weight is 282 g/mol. The molecule has 0 aromatic carbocycles. The summed E-state index contributed by atoms with van der Waals surface area (Å²) in [5, 5.41) is 0. The zero-order valence-electron chi connectivity index (χ0n) is 12.6. The summed E-state index contributed by atoms with van der Waals surface area (Å²) in [5.74, 6) is 0. The van der Waals surface area contributed by atoms with Crippen molar-refractivity contribution in [1.29, 1.82) is 0 Å². The average Bonchev–Trinajstić information content (AvgIpc) is 2.10. The summed E-state index contributed by atoms with van der Waals surface area (Å²) in [6.07, 6.45) is -2.40. The molecule has 1 unspecified atom stereocenters. The molecule has 2 nitrogen and oxygen atoms in total. The highest BCUT2D eigenvalue weighted by atomic mass is 19.4. The van der Waals surface area contributed by atoms with Crippen LogP contribution in [0.15, 0.2) is 11.6 Å². The molecule has 5 heteroatoms. The third kappa shape index (κ3) is 11.0. The van der Waals surface area contributed by atoms with E-state index in [4.69, 9.17) is 9.47 Å². The number of halogens is 3. The summed E-state index contributed by atoms with van der Waals surface area (Å²) in [5.41, 5.74) is 0.133. The largest absolute Gasteiger partial charge is 0.411 e. The quantitative estimate of drug-likeness (QED) is 0.674. The molecule has 0 aliphatic rings. The van der Waals surface area contributed by atoms with Crippen LogP contribution >= 0.6 is 0 Å². The van der Waals surface area contributed by atoms with E-state index in [9.17, 15) is 13.2 Å². The fraction of sp³-hybridized carbons (Fsp3) is 0.857. The predicted octanol–water partition coefficient (Wildman–Crippen LogP) is 4.35. The van der Waals surface area contributed by atoms with Crippen LogP contribution in [-0.2, 0) is 9.47 Å². The summed E-state index contributed by atoms with van der Waals surface area (Å²) in [6, 6.07) is 0. The van der Waals surface area contributed by atoms with Gasteiger partial charge in [0.1, 0.15) is 6.61 Å². The second kappa shape index (κ2) is 6.75. The zero-order valence-corrected chi connectivity index (χ0v) is 12.6. The standard InChI is InChI=1S/C14H25F3O2/c1-11(2)7-13(6,9-19-12(3,4)5)8-18-10-14(15,16)17/h7H,8-10H2,1-6H3. The minimum absolute atomic E-state index is 0.0201. The highest BCUT2D eigenvalue weighted by Crippen LogP contribution is 2.25. The molecule has 0 aromatic rings. The molecule has 0 radical (unpaired) electrons. The Morgan fingerprint density at radius 3 is 1.84 bits per heavy atom. The van der Waals surface area contributed by atoms with E-state index in [0.29, 0.717) is 6.61 Å². The van der Waals surface area contributed by atoms with E-state index in [1.165, 1.54) is 0 Å². The van der Waals surface area contributed by atoms with Crippen LogP contribution < -0.4 is 0 Å². The summed E-state index contributed by atoms with van der Waals surface area (Å²) in [7, 11) is 0. The van der Waals surface area contributed by atoms with Crippen molar-refractivity contribution in [2.45, 2.75) is 53.3 Å². The number of alkyl halides is 3. The highest BCUT2D eigenvalue weighted by Gasteiger charge is 2.31. The Bertz CT molecular complexity index is 299. The lowest BCUT2D eigenvalue weighted by Gasteiger charge is -2.31. The van der Waals surface area contributed by atoms with Gasteiger partial charge in [0, 0.05) is 5.41 Å². The summed E-state index contributed by atoms with van der Waals surface area (Å²) in [6.45, 7) is 10.4. The van der Waals surface area contributed by atoms with Crippen molar-refractivity contribution in [3.8, 4) is 0 Å². The van der Waals surface area contributed by atoms with Crippen LogP contribution in [0.5, 0.6) is 0 Å². The van der Waals surface area contributed by atoms with Crippen molar-refractivity contribution in [3.63, 3.8) is 0 Å². The predicted molar refractivity (Wildman–Crippen MR) is 70.1 cm³/mol. The number of hydrogen-bond donors (Lipinski definition) is 0. The molecule has 0 saturated heterocycles. The first-order chi connectivity index (χ1) is 8.33. The van der Waals surface area contributed by atoms with Gasteiger partial charge in [-0.15, -0.1) is 0 Å². The maximum absolute atomic E-state index is 12.1. The van der Waals surface area contributed by atoms with Crippen molar-refractivity contribution >= 4 is 0 Å². The fourth-order valence-corrected chi connectivity index (χ4v) is 1.60. The Kier molecular flexibility index (Phi) is 6.55. The monoisotopic (exact) mass is 282 g/mol. The molecule has 0 aliphatic heterocycles. The van der Waals surface area contributed by atoms with Crippen molar-refractivity contribution < 1.29 is 22.6 Å². The molecule has 0 bridgehead atoms. The second-order valence-corrected chi connectivity index (χ2v) is 6.38. The maximum Gasteiger partial charge on any atom is 0.411 e. The van der Waals surface area contributed by atoms with Gasteiger partial charge < -0.3 is 9.47 Å². The van der Waals surface area contributed by atoms with Crippen LogP contribution in [0.1, 0.15) is 41.5 Å². The van der Waals surface area contributed by atoms with Gasteiger partial charge in [-0.1, -0.05) is 18.6 Å². The van der Waals surface area contributed by atoms with E-state index in [0.717, 1.165) is 5.57 Å². The molecule has 19 heavy (non-hydrogen) atoms. The molecule has 114 valence electrons. The van der Waals surface area contributed by atoms with Crippen LogP contribution in [0.4, 0.5) is 13.2 Å².